The number of hydrogen-bond acceptors (Lipinski definition) is 3. The monoisotopic (exact) mass is 398 g/mol. The number of phenolic OH excluding ortho intramolecular Hbond substituents is 1. The standard InChI is InChI=1S/C26H38O3/c1-6-8-10-11-20-16-23(27)26(24(17-20)29-25(28)12-9-7-2)22-15-19(5)13-14-21(22)18(3)4/h15-17,21-22,27H,3,6-14H2,1-2,4-5H3/t21-,22+/m0/s1. The molecule has 29 heavy (non-hydrogen) atoms. The molecule has 3 heteroatoms. The van der Waals surface area contributed by atoms with Gasteiger partial charge in [-0.15, -0.1) is 0 Å². The second-order valence-electron chi connectivity index (χ2n) is 8.59. The lowest BCUT2D eigenvalue weighted by molar-refractivity contribution is -0.134. The minimum absolute atomic E-state index is 0.0140. The van der Waals surface area contributed by atoms with Gasteiger partial charge in [-0.1, -0.05) is 56.9 Å². The van der Waals surface area contributed by atoms with Crippen molar-refractivity contribution in [1.29, 1.82) is 0 Å². The minimum atomic E-state index is -0.221. The summed E-state index contributed by atoms with van der Waals surface area (Å²) in [4.78, 5) is 12.4. The molecule has 1 aliphatic rings. The zero-order valence-corrected chi connectivity index (χ0v) is 18.7. The summed E-state index contributed by atoms with van der Waals surface area (Å²) >= 11 is 0. The summed E-state index contributed by atoms with van der Waals surface area (Å²) in [6, 6.07) is 3.84. The maximum atomic E-state index is 12.4. The Hall–Kier alpha value is -2.03. The highest BCUT2D eigenvalue weighted by molar-refractivity contribution is 5.73. The highest BCUT2D eigenvalue weighted by atomic mass is 16.5. The summed E-state index contributed by atoms with van der Waals surface area (Å²) in [5.74, 6) is 0.768. The van der Waals surface area contributed by atoms with Crippen LogP contribution in [0, 0.1) is 5.92 Å². The molecule has 0 radical (unpaired) electrons. The normalized spacial score (nSPS) is 19.0. The van der Waals surface area contributed by atoms with Crippen LogP contribution in [0.5, 0.6) is 11.5 Å². The van der Waals surface area contributed by atoms with Gasteiger partial charge in [-0.05, 0) is 69.6 Å². The van der Waals surface area contributed by atoms with Gasteiger partial charge in [-0.2, -0.15) is 0 Å². The van der Waals surface area contributed by atoms with Crippen molar-refractivity contribution in [2.45, 2.75) is 91.4 Å². The molecule has 0 unspecified atom stereocenters. The first-order valence-corrected chi connectivity index (χ1v) is 11.3. The van der Waals surface area contributed by atoms with Crippen molar-refractivity contribution in [3.63, 3.8) is 0 Å². The molecule has 2 rings (SSSR count). The Balaban J connectivity index is 2.45. The number of benzene rings is 1. The zero-order chi connectivity index (χ0) is 21.4. The predicted molar refractivity (Wildman–Crippen MR) is 121 cm³/mol. The smallest absolute Gasteiger partial charge is 0.311 e. The number of aryl methyl sites for hydroxylation is 1. The molecule has 2 atom stereocenters. The molecule has 0 saturated heterocycles. The molecular formula is C26H38O3. The van der Waals surface area contributed by atoms with Gasteiger partial charge in [0.25, 0.3) is 0 Å². The first kappa shape index (κ1) is 23.3. The number of carbonyl (C=O) groups is 1. The predicted octanol–water partition coefficient (Wildman–Crippen LogP) is 7.24. The Morgan fingerprint density at radius 2 is 1.93 bits per heavy atom. The van der Waals surface area contributed by atoms with Gasteiger partial charge in [0.15, 0.2) is 0 Å². The molecule has 0 heterocycles. The number of rotatable bonds is 10. The number of unbranched alkanes of at least 4 members (excludes halogenated alkanes) is 3. The highest BCUT2D eigenvalue weighted by Crippen LogP contribution is 2.47. The van der Waals surface area contributed by atoms with Gasteiger partial charge in [0.05, 0.1) is 0 Å². The Bertz CT molecular complexity index is 745. The molecule has 0 aromatic heterocycles. The van der Waals surface area contributed by atoms with E-state index in [9.17, 15) is 9.90 Å². The molecule has 1 aromatic carbocycles. The molecule has 0 aliphatic heterocycles. The fraction of sp³-hybridized carbons (Fsp3) is 0.577. The van der Waals surface area contributed by atoms with E-state index in [0.717, 1.165) is 68.1 Å². The van der Waals surface area contributed by atoms with Crippen LogP contribution in [-0.4, -0.2) is 11.1 Å². The Morgan fingerprint density at radius 1 is 1.21 bits per heavy atom. The summed E-state index contributed by atoms with van der Waals surface area (Å²) in [6.45, 7) is 12.6. The molecule has 0 saturated carbocycles. The number of carbonyl (C=O) groups excluding carboxylic acids is 1. The molecule has 0 amide bonds. The Labute approximate surface area is 176 Å². The van der Waals surface area contributed by atoms with Crippen LogP contribution in [0.3, 0.4) is 0 Å². The third kappa shape index (κ3) is 6.48. The number of esters is 1. The largest absolute Gasteiger partial charge is 0.507 e. The van der Waals surface area contributed by atoms with Crippen LogP contribution in [0.1, 0.15) is 96.1 Å². The molecule has 1 aliphatic carbocycles. The van der Waals surface area contributed by atoms with E-state index in [2.05, 4.69) is 40.3 Å². The maximum Gasteiger partial charge on any atom is 0.311 e. The van der Waals surface area contributed by atoms with Crippen molar-refractivity contribution >= 4 is 5.97 Å². The van der Waals surface area contributed by atoms with Gasteiger partial charge in [0.1, 0.15) is 11.5 Å². The third-order valence-electron chi connectivity index (χ3n) is 5.92. The summed E-state index contributed by atoms with van der Waals surface area (Å²) in [5, 5.41) is 11.0. The zero-order valence-electron chi connectivity index (χ0n) is 18.7. The van der Waals surface area contributed by atoms with Crippen molar-refractivity contribution in [3.05, 3.63) is 47.1 Å². The van der Waals surface area contributed by atoms with Crippen LogP contribution in [0.25, 0.3) is 0 Å². The van der Waals surface area contributed by atoms with E-state index in [1.807, 2.05) is 12.1 Å². The number of allylic oxidation sites excluding steroid dienone is 3. The van der Waals surface area contributed by atoms with E-state index in [1.54, 1.807) is 0 Å². The van der Waals surface area contributed by atoms with E-state index in [1.165, 1.54) is 5.57 Å². The van der Waals surface area contributed by atoms with Crippen molar-refractivity contribution in [2.24, 2.45) is 5.92 Å². The highest BCUT2D eigenvalue weighted by Gasteiger charge is 2.31. The van der Waals surface area contributed by atoms with Crippen molar-refractivity contribution in [3.8, 4) is 11.5 Å². The fourth-order valence-electron chi connectivity index (χ4n) is 4.21. The van der Waals surface area contributed by atoms with E-state index in [4.69, 9.17) is 4.74 Å². The Kier molecular flexibility index (Phi) is 9.00. The molecule has 0 fully saturated rings. The van der Waals surface area contributed by atoms with Crippen LogP contribution < -0.4 is 4.74 Å². The van der Waals surface area contributed by atoms with Gasteiger partial charge in [-0.3, -0.25) is 4.79 Å². The van der Waals surface area contributed by atoms with Crippen molar-refractivity contribution in [1.82, 2.24) is 0 Å². The SMILES string of the molecule is C=C(C)[C@@H]1CCC(C)=C[C@H]1c1c(O)cc(CCCCC)cc1OC(=O)CCCC. The number of hydrogen-bond donors (Lipinski definition) is 1. The van der Waals surface area contributed by atoms with Crippen LogP contribution in [0.2, 0.25) is 0 Å². The number of ether oxygens (including phenoxy) is 1. The van der Waals surface area contributed by atoms with Gasteiger partial charge < -0.3 is 9.84 Å². The summed E-state index contributed by atoms with van der Waals surface area (Å²) < 4.78 is 5.83. The van der Waals surface area contributed by atoms with E-state index >= 15 is 0 Å². The molecule has 0 spiro atoms. The van der Waals surface area contributed by atoms with Gasteiger partial charge >= 0.3 is 5.97 Å². The Morgan fingerprint density at radius 3 is 2.59 bits per heavy atom. The van der Waals surface area contributed by atoms with Gasteiger partial charge in [-0.25, -0.2) is 0 Å². The third-order valence-corrected chi connectivity index (χ3v) is 5.92. The number of phenols is 1. The molecule has 3 nitrogen and oxygen atoms in total. The summed E-state index contributed by atoms with van der Waals surface area (Å²) in [6.07, 6.45) is 10.7. The van der Waals surface area contributed by atoms with Gasteiger partial charge in [0.2, 0.25) is 0 Å². The molecule has 1 aromatic rings. The van der Waals surface area contributed by atoms with Crippen LogP contribution in [0.4, 0.5) is 0 Å². The lowest BCUT2D eigenvalue weighted by atomic mass is 9.73. The molecule has 0 bridgehead atoms. The second kappa shape index (κ2) is 11.2. The van der Waals surface area contributed by atoms with E-state index in [0.29, 0.717) is 12.2 Å². The maximum absolute atomic E-state index is 12.4. The van der Waals surface area contributed by atoms with E-state index in [-0.39, 0.29) is 23.6 Å². The van der Waals surface area contributed by atoms with Crippen molar-refractivity contribution in [2.75, 3.05) is 0 Å². The second-order valence-corrected chi connectivity index (χ2v) is 8.59. The topological polar surface area (TPSA) is 46.5 Å². The van der Waals surface area contributed by atoms with Crippen LogP contribution in [0.15, 0.2) is 35.9 Å². The first-order valence-electron chi connectivity index (χ1n) is 11.3. The van der Waals surface area contributed by atoms with E-state index < -0.39 is 0 Å². The molecule has 1 N–H and O–H groups in total. The summed E-state index contributed by atoms with van der Waals surface area (Å²) in [5.41, 5.74) is 4.18. The quantitative estimate of drug-likeness (QED) is 0.196. The molecule has 160 valence electrons. The first-order chi connectivity index (χ1) is 13.9. The molecular weight excluding hydrogens is 360 g/mol. The average molecular weight is 399 g/mol. The minimum Gasteiger partial charge on any atom is -0.507 e. The van der Waals surface area contributed by atoms with Gasteiger partial charge in [0, 0.05) is 17.9 Å². The van der Waals surface area contributed by atoms with Crippen LogP contribution >= 0.6 is 0 Å². The lowest BCUT2D eigenvalue weighted by Gasteiger charge is -2.32. The van der Waals surface area contributed by atoms with Crippen LogP contribution in [-0.2, 0) is 11.2 Å². The summed E-state index contributed by atoms with van der Waals surface area (Å²) in [7, 11) is 0. The lowest BCUT2D eigenvalue weighted by Crippen LogP contribution is -2.19. The van der Waals surface area contributed by atoms with Crippen molar-refractivity contribution < 1.29 is 14.6 Å². The fourth-order valence-corrected chi connectivity index (χ4v) is 4.21. The average Bonchev–Trinajstić information content (AvgIpc) is 2.66. The number of aromatic hydroxyl groups is 1.